The monoisotopic (exact) mass is 327 g/mol. The molecule has 2 aliphatic rings. The Kier molecular flexibility index (Phi) is 3.61. The van der Waals surface area contributed by atoms with Gasteiger partial charge in [-0.2, -0.15) is 13.2 Å². The molecule has 1 aliphatic carbocycles. The van der Waals surface area contributed by atoms with Crippen molar-refractivity contribution in [3.63, 3.8) is 0 Å². The molecule has 1 aliphatic heterocycles. The van der Waals surface area contributed by atoms with Gasteiger partial charge in [0.2, 0.25) is 0 Å². The minimum atomic E-state index is -4.64. The minimum Gasteiger partial charge on any atom is -0.508 e. The summed E-state index contributed by atoms with van der Waals surface area (Å²) < 4.78 is 38.6. The number of phenolic OH excluding ortho intramolecular Hbond substituents is 1. The Morgan fingerprint density at radius 3 is 2.48 bits per heavy atom. The molecule has 1 amide bonds. The molecule has 1 saturated heterocycles. The number of nitrogens with zero attached hydrogens (tertiary/aromatic N) is 1. The molecule has 2 fully saturated rings. The van der Waals surface area contributed by atoms with Gasteiger partial charge < -0.3 is 10.0 Å². The Labute approximate surface area is 130 Å². The molecular formula is C16H16F3NO3. The van der Waals surface area contributed by atoms with E-state index in [0.717, 1.165) is 18.6 Å². The molecule has 124 valence electrons. The number of rotatable bonds is 1. The number of alkyl halides is 3. The first-order valence-corrected chi connectivity index (χ1v) is 7.46. The highest BCUT2D eigenvalue weighted by molar-refractivity contribution is 5.97. The first-order valence-electron chi connectivity index (χ1n) is 7.46. The van der Waals surface area contributed by atoms with Gasteiger partial charge in [0.25, 0.3) is 5.91 Å². The van der Waals surface area contributed by atoms with E-state index in [1.165, 1.54) is 4.90 Å². The number of phenols is 1. The molecule has 23 heavy (non-hydrogen) atoms. The molecule has 7 heteroatoms. The van der Waals surface area contributed by atoms with E-state index in [4.69, 9.17) is 0 Å². The molecule has 4 nitrogen and oxygen atoms in total. The second-order valence-corrected chi connectivity index (χ2v) is 6.27. The third kappa shape index (κ3) is 2.80. The predicted octanol–water partition coefficient (Wildman–Crippen LogP) is 3.14. The molecule has 1 saturated carbocycles. The summed E-state index contributed by atoms with van der Waals surface area (Å²) in [5.41, 5.74) is -1.80. The molecule has 0 bridgehead atoms. The molecule has 0 radical (unpaired) electrons. The fourth-order valence-electron chi connectivity index (χ4n) is 3.43. The predicted molar refractivity (Wildman–Crippen MR) is 75.0 cm³/mol. The summed E-state index contributed by atoms with van der Waals surface area (Å²) in [5, 5.41) is 9.52. The van der Waals surface area contributed by atoms with Crippen LogP contribution in [-0.4, -0.2) is 33.8 Å². The maximum Gasteiger partial charge on any atom is 0.416 e. The van der Waals surface area contributed by atoms with Crippen LogP contribution in [0.2, 0.25) is 0 Å². The van der Waals surface area contributed by atoms with Gasteiger partial charge in [0.15, 0.2) is 0 Å². The lowest BCUT2D eigenvalue weighted by molar-refractivity contribution is -0.137. The lowest BCUT2D eigenvalue weighted by Gasteiger charge is -2.52. The SMILES string of the molecule is O=C1CCN(C(=O)c2cc(O)cc(C(F)(F)F)c2)C2(CCC2)C1. The topological polar surface area (TPSA) is 57.6 Å². The van der Waals surface area contributed by atoms with Crippen LogP contribution in [-0.2, 0) is 11.0 Å². The van der Waals surface area contributed by atoms with E-state index < -0.39 is 28.9 Å². The molecular weight excluding hydrogens is 311 g/mol. The molecule has 1 heterocycles. The number of aromatic hydroxyl groups is 1. The summed E-state index contributed by atoms with van der Waals surface area (Å²) >= 11 is 0. The zero-order chi connectivity index (χ0) is 16.8. The number of Topliss-reactive ketones (excluding diaryl/α,β-unsaturated/α-hetero) is 1. The average molecular weight is 327 g/mol. The third-order valence-electron chi connectivity index (χ3n) is 4.73. The van der Waals surface area contributed by atoms with Crippen molar-refractivity contribution in [2.45, 2.75) is 43.8 Å². The number of carbonyl (C=O) groups is 2. The first kappa shape index (κ1) is 15.8. The summed E-state index contributed by atoms with van der Waals surface area (Å²) in [6.45, 7) is 0.217. The summed E-state index contributed by atoms with van der Waals surface area (Å²) in [4.78, 5) is 25.9. The Morgan fingerprint density at radius 2 is 1.91 bits per heavy atom. The van der Waals surface area contributed by atoms with Crippen LogP contribution in [0.15, 0.2) is 18.2 Å². The Morgan fingerprint density at radius 1 is 1.22 bits per heavy atom. The normalized spacial score (nSPS) is 20.5. The van der Waals surface area contributed by atoms with Crippen molar-refractivity contribution in [3.05, 3.63) is 29.3 Å². The van der Waals surface area contributed by atoms with Gasteiger partial charge in [-0.25, -0.2) is 0 Å². The van der Waals surface area contributed by atoms with Gasteiger partial charge in [-0.05, 0) is 37.5 Å². The minimum absolute atomic E-state index is 0.0839. The third-order valence-corrected chi connectivity index (χ3v) is 4.73. The van der Waals surface area contributed by atoms with Crippen molar-refractivity contribution in [1.29, 1.82) is 0 Å². The second-order valence-electron chi connectivity index (χ2n) is 6.27. The van der Waals surface area contributed by atoms with E-state index in [-0.39, 0.29) is 30.7 Å². The number of halogens is 3. The summed E-state index contributed by atoms with van der Waals surface area (Å²) in [7, 11) is 0. The van der Waals surface area contributed by atoms with Crippen LogP contribution in [0.1, 0.15) is 48.0 Å². The van der Waals surface area contributed by atoms with E-state index in [2.05, 4.69) is 0 Å². The smallest absolute Gasteiger partial charge is 0.416 e. The van der Waals surface area contributed by atoms with Crippen LogP contribution in [0, 0.1) is 0 Å². The number of hydrogen-bond donors (Lipinski definition) is 1. The zero-order valence-corrected chi connectivity index (χ0v) is 12.3. The van der Waals surface area contributed by atoms with E-state index >= 15 is 0 Å². The van der Waals surface area contributed by atoms with Gasteiger partial charge in [-0.15, -0.1) is 0 Å². The van der Waals surface area contributed by atoms with Crippen LogP contribution in [0.4, 0.5) is 13.2 Å². The zero-order valence-electron chi connectivity index (χ0n) is 12.3. The number of likely N-dealkylation sites (tertiary alicyclic amines) is 1. The lowest BCUT2D eigenvalue weighted by Crippen LogP contribution is -2.60. The summed E-state index contributed by atoms with van der Waals surface area (Å²) in [5.74, 6) is -1.07. The van der Waals surface area contributed by atoms with Crippen LogP contribution < -0.4 is 0 Å². The van der Waals surface area contributed by atoms with Crippen molar-refractivity contribution in [2.75, 3.05) is 6.54 Å². The maximum absolute atomic E-state index is 12.9. The Bertz CT molecular complexity index is 665. The van der Waals surface area contributed by atoms with Crippen molar-refractivity contribution in [3.8, 4) is 5.75 Å². The fourth-order valence-corrected chi connectivity index (χ4v) is 3.43. The van der Waals surface area contributed by atoms with Gasteiger partial charge in [0.05, 0.1) is 11.1 Å². The van der Waals surface area contributed by atoms with E-state index in [1.54, 1.807) is 0 Å². The first-order chi connectivity index (χ1) is 10.7. The number of piperidine rings is 1. The van der Waals surface area contributed by atoms with Gasteiger partial charge in [0, 0.05) is 24.9 Å². The molecule has 1 spiro atoms. The van der Waals surface area contributed by atoms with Crippen molar-refractivity contribution >= 4 is 11.7 Å². The van der Waals surface area contributed by atoms with Crippen molar-refractivity contribution in [2.24, 2.45) is 0 Å². The summed E-state index contributed by atoms with van der Waals surface area (Å²) in [6, 6.07) is 2.39. The number of ketones is 1. The highest BCUT2D eigenvalue weighted by atomic mass is 19.4. The number of hydrogen-bond acceptors (Lipinski definition) is 3. The van der Waals surface area contributed by atoms with Crippen LogP contribution in [0.3, 0.4) is 0 Å². The van der Waals surface area contributed by atoms with Crippen molar-refractivity contribution < 1.29 is 27.9 Å². The molecule has 0 atom stereocenters. The quantitative estimate of drug-likeness (QED) is 0.862. The van der Waals surface area contributed by atoms with Gasteiger partial charge >= 0.3 is 6.18 Å². The molecule has 1 aromatic carbocycles. The highest BCUT2D eigenvalue weighted by Gasteiger charge is 2.48. The van der Waals surface area contributed by atoms with E-state index in [1.807, 2.05) is 0 Å². The largest absolute Gasteiger partial charge is 0.508 e. The van der Waals surface area contributed by atoms with E-state index in [9.17, 15) is 27.9 Å². The van der Waals surface area contributed by atoms with Gasteiger partial charge in [-0.1, -0.05) is 0 Å². The van der Waals surface area contributed by atoms with E-state index in [0.29, 0.717) is 18.9 Å². The van der Waals surface area contributed by atoms with Crippen molar-refractivity contribution in [1.82, 2.24) is 4.90 Å². The number of carbonyl (C=O) groups excluding carboxylic acids is 2. The standard InChI is InChI=1S/C16H16F3NO3/c17-16(18,19)11-6-10(7-13(22)8-11)14(23)20-5-2-12(21)9-15(20)3-1-4-15/h6-8,22H,1-5,9H2. The molecule has 0 unspecified atom stereocenters. The van der Waals surface area contributed by atoms with Crippen LogP contribution in [0.5, 0.6) is 5.75 Å². The molecule has 1 N–H and O–H groups in total. The van der Waals surface area contributed by atoms with Crippen LogP contribution in [0.25, 0.3) is 0 Å². The number of benzene rings is 1. The molecule has 1 aromatic rings. The highest BCUT2D eigenvalue weighted by Crippen LogP contribution is 2.44. The average Bonchev–Trinajstić information content (AvgIpc) is 2.43. The fraction of sp³-hybridized carbons (Fsp3) is 0.500. The molecule has 0 aromatic heterocycles. The Balaban J connectivity index is 1.94. The Hall–Kier alpha value is -2.05. The lowest BCUT2D eigenvalue weighted by atomic mass is 9.69. The van der Waals surface area contributed by atoms with Crippen LogP contribution >= 0.6 is 0 Å². The molecule has 3 rings (SSSR count). The second kappa shape index (κ2) is 5.25. The van der Waals surface area contributed by atoms with Gasteiger partial charge in [-0.3, -0.25) is 9.59 Å². The maximum atomic E-state index is 12.9. The van der Waals surface area contributed by atoms with Gasteiger partial charge in [0.1, 0.15) is 11.5 Å². The number of amides is 1. The summed E-state index contributed by atoms with van der Waals surface area (Å²) in [6.07, 6.45) is -1.88.